The number of H-pyrrole nitrogens is 1. The summed E-state index contributed by atoms with van der Waals surface area (Å²) in [5.74, 6) is -1.25. The Bertz CT molecular complexity index is 1010. The van der Waals surface area contributed by atoms with Crippen molar-refractivity contribution in [1.82, 2.24) is 9.71 Å². The summed E-state index contributed by atoms with van der Waals surface area (Å²) in [4.78, 5) is 14.6. The highest BCUT2D eigenvalue weighted by Crippen LogP contribution is 2.20. The van der Waals surface area contributed by atoms with E-state index in [0.29, 0.717) is 5.02 Å². The number of carboxylic acids is 1. The van der Waals surface area contributed by atoms with Gasteiger partial charge in [-0.25, -0.2) is 8.42 Å². The van der Waals surface area contributed by atoms with E-state index in [0.717, 1.165) is 16.5 Å². The average Bonchev–Trinajstić information content (AvgIpc) is 2.97. The Hall–Kier alpha value is -2.35. The van der Waals surface area contributed by atoms with Crippen molar-refractivity contribution in [1.29, 1.82) is 0 Å². The molecule has 25 heavy (non-hydrogen) atoms. The zero-order valence-electron chi connectivity index (χ0n) is 12.9. The first-order valence-electron chi connectivity index (χ1n) is 7.42. The molecule has 8 heteroatoms. The van der Waals surface area contributed by atoms with Gasteiger partial charge in [0, 0.05) is 28.5 Å². The van der Waals surface area contributed by atoms with Gasteiger partial charge in [-0.05, 0) is 35.9 Å². The Kier molecular flexibility index (Phi) is 4.80. The fraction of sp³-hybridized carbons (Fsp3) is 0.118. The number of hydrogen-bond acceptors (Lipinski definition) is 3. The van der Waals surface area contributed by atoms with Crippen LogP contribution in [0, 0.1) is 0 Å². The summed E-state index contributed by atoms with van der Waals surface area (Å²) in [5.41, 5.74) is 1.59. The lowest BCUT2D eigenvalue weighted by Gasteiger charge is -2.14. The van der Waals surface area contributed by atoms with Crippen LogP contribution >= 0.6 is 11.6 Å². The molecular formula is C17H15ClN2O4S. The molecule has 0 aliphatic carbocycles. The quantitative estimate of drug-likeness (QED) is 0.614. The van der Waals surface area contributed by atoms with Crippen molar-refractivity contribution in [2.24, 2.45) is 0 Å². The molecule has 0 saturated heterocycles. The Balaban J connectivity index is 1.86. The van der Waals surface area contributed by atoms with Gasteiger partial charge in [0.25, 0.3) is 0 Å². The van der Waals surface area contributed by atoms with Gasteiger partial charge in [-0.2, -0.15) is 4.72 Å². The number of fused-ring (bicyclic) bond motifs is 1. The maximum Gasteiger partial charge on any atom is 0.322 e. The minimum Gasteiger partial charge on any atom is -0.480 e. The third-order valence-corrected chi connectivity index (χ3v) is 5.56. The Morgan fingerprint density at radius 2 is 1.84 bits per heavy atom. The van der Waals surface area contributed by atoms with Crippen LogP contribution in [0.1, 0.15) is 5.56 Å². The highest BCUT2D eigenvalue weighted by atomic mass is 35.5. The number of carboxylic acid groups (broad SMARTS) is 1. The van der Waals surface area contributed by atoms with E-state index in [-0.39, 0.29) is 11.3 Å². The van der Waals surface area contributed by atoms with E-state index in [2.05, 4.69) is 9.71 Å². The molecule has 2 aromatic carbocycles. The van der Waals surface area contributed by atoms with Crippen LogP contribution in [0.25, 0.3) is 10.9 Å². The lowest BCUT2D eigenvalue weighted by Crippen LogP contribution is -2.42. The number of rotatable bonds is 6. The molecule has 0 aliphatic heterocycles. The zero-order chi connectivity index (χ0) is 18.0. The van der Waals surface area contributed by atoms with E-state index in [1.165, 1.54) is 24.3 Å². The number of sulfonamides is 1. The number of benzene rings is 2. The first-order chi connectivity index (χ1) is 11.9. The standard InChI is InChI=1S/C17H15ClN2O4S/c18-12-5-7-13(8-6-12)25(23,24)20-16(17(21)22)9-11-10-19-15-4-2-1-3-14(11)15/h1-8,10,16,19-20H,9H2,(H,21,22)/t16-/m1/s1. The van der Waals surface area contributed by atoms with Gasteiger partial charge in [0.1, 0.15) is 6.04 Å². The summed E-state index contributed by atoms with van der Waals surface area (Å²) in [6.45, 7) is 0. The first kappa shape index (κ1) is 17.5. The SMILES string of the molecule is O=C(O)[C@@H](Cc1c[nH]c2ccccc12)NS(=O)(=O)c1ccc(Cl)cc1. The average molecular weight is 379 g/mol. The predicted octanol–water partition coefficient (Wildman–Crippen LogP) is 2.80. The lowest BCUT2D eigenvalue weighted by molar-refractivity contribution is -0.138. The molecule has 0 spiro atoms. The second-order valence-electron chi connectivity index (χ2n) is 5.53. The molecule has 6 nitrogen and oxygen atoms in total. The van der Waals surface area contributed by atoms with Crippen LogP contribution in [0.3, 0.4) is 0 Å². The van der Waals surface area contributed by atoms with Crippen LogP contribution in [-0.2, 0) is 21.2 Å². The van der Waals surface area contributed by atoms with Crippen LogP contribution in [0.4, 0.5) is 0 Å². The number of hydrogen-bond donors (Lipinski definition) is 3. The van der Waals surface area contributed by atoms with E-state index in [1.807, 2.05) is 24.3 Å². The minimum absolute atomic E-state index is 0.0200. The largest absolute Gasteiger partial charge is 0.480 e. The summed E-state index contributed by atoms with van der Waals surface area (Å²) < 4.78 is 27.1. The summed E-state index contributed by atoms with van der Waals surface area (Å²) in [5, 5.41) is 10.7. The van der Waals surface area contributed by atoms with Gasteiger partial charge in [-0.1, -0.05) is 29.8 Å². The topological polar surface area (TPSA) is 99.3 Å². The molecule has 3 N–H and O–H groups in total. The number of para-hydroxylation sites is 1. The number of aromatic nitrogens is 1. The number of aliphatic carboxylic acids is 1. The second kappa shape index (κ2) is 6.87. The smallest absolute Gasteiger partial charge is 0.322 e. The molecule has 1 atom stereocenters. The molecule has 0 bridgehead atoms. The number of carbonyl (C=O) groups is 1. The van der Waals surface area contributed by atoms with Crippen molar-refractivity contribution in [3.63, 3.8) is 0 Å². The molecule has 0 fully saturated rings. The first-order valence-corrected chi connectivity index (χ1v) is 9.28. The van der Waals surface area contributed by atoms with Crippen LogP contribution < -0.4 is 4.72 Å². The van der Waals surface area contributed by atoms with Crippen LogP contribution in [0.5, 0.6) is 0 Å². The Morgan fingerprint density at radius 1 is 1.16 bits per heavy atom. The van der Waals surface area contributed by atoms with Crippen molar-refractivity contribution in [2.45, 2.75) is 17.4 Å². The fourth-order valence-electron chi connectivity index (χ4n) is 2.57. The highest BCUT2D eigenvalue weighted by molar-refractivity contribution is 7.89. The van der Waals surface area contributed by atoms with E-state index in [1.54, 1.807) is 6.20 Å². The molecule has 0 unspecified atom stereocenters. The van der Waals surface area contributed by atoms with Crippen LogP contribution in [-0.4, -0.2) is 30.5 Å². The van der Waals surface area contributed by atoms with Crippen molar-refractivity contribution < 1.29 is 18.3 Å². The van der Waals surface area contributed by atoms with Gasteiger partial charge in [-0.15, -0.1) is 0 Å². The van der Waals surface area contributed by atoms with E-state index >= 15 is 0 Å². The van der Waals surface area contributed by atoms with Crippen molar-refractivity contribution in [3.05, 3.63) is 65.3 Å². The highest BCUT2D eigenvalue weighted by Gasteiger charge is 2.26. The maximum atomic E-state index is 12.4. The minimum atomic E-state index is -3.98. The third kappa shape index (κ3) is 3.84. The van der Waals surface area contributed by atoms with Crippen molar-refractivity contribution in [3.8, 4) is 0 Å². The molecule has 130 valence electrons. The fourth-order valence-corrected chi connectivity index (χ4v) is 3.88. The lowest BCUT2D eigenvalue weighted by atomic mass is 10.1. The summed E-state index contributed by atoms with van der Waals surface area (Å²) >= 11 is 5.76. The molecule has 1 heterocycles. The van der Waals surface area contributed by atoms with E-state index < -0.39 is 22.0 Å². The van der Waals surface area contributed by atoms with Crippen molar-refractivity contribution >= 4 is 38.5 Å². The molecule has 1 aromatic heterocycles. The number of aromatic amines is 1. The van der Waals surface area contributed by atoms with E-state index in [4.69, 9.17) is 11.6 Å². The molecule has 0 aliphatic rings. The predicted molar refractivity (Wildman–Crippen MR) is 95.2 cm³/mol. The normalized spacial score (nSPS) is 13.0. The van der Waals surface area contributed by atoms with E-state index in [9.17, 15) is 18.3 Å². The van der Waals surface area contributed by atoms with Gasteiger partial charge >= 0.3 is 5.97 Å². The molecule has 0 saturated carbocycles. The van der Waals surface area contributed by atoms with Gasteiger partial charge in [0.15, 0.2) is 0 Å². The second-order valence-corrected chi connectivity index (χ2v) is 7.68. The number of halogens is 1. The van der Waals surface area contributed by atoms with Crippen molar-refractivity contribution in [2.75, 3.05) is 0 Å². The molecule has 3 rings (SSSR count). The molecule has 0 radical (unpaired) electrons. The third-order valence-electron chi connectivity index (χ3n) is 3.82. The maximum absolute atomic E-state index is 12.4. The summed E-state index contributed by atoms with van der Waals surface area (Å²) in [7, 11) is -3.98. The van der Waals surface area contributed by atoms with Gasteiger partial charge in [0.2, 0.25) is 10.0 Å². The number of nitrogens with one attached hydrogen (secondary N) is 2. The Morgan fingerprint density at radius 3 is 2.52 bits per heavy atom. The Labute approximate surface area is 149 Å². The molecular weight excluding hydrogens is 364 g/mol. The summed E-state index contributed by atoms with van der Waals surface area (Å²) in [6.07, 6.45) is 1.71. The zero-order valence-corrected chi connectivity index (χ0v) is 14.5. The van der Waals surface area contributed by atoms with Gasteiger partial charge in [-0.3, -0.25) is 4.79 Å². The molecule has 0 amide bonds. The summed E-state index contributed by atoms with van der Waals surface area (Å²) in [6, 6.07) is 11.7. The monoisotopic (exact) mass is 378 g/mol. The molecule has 3 aromatic rings. The van der Waals surface area contributed by atoms with Gasteiger partial charge < -0.3 is 10.1 Å². The van der Waals surface area contributed by atoms with Crippen LogP contribution in [0.2, 0.25) is 5.02 Å². The van der Waals surface area contributed by atoms with Gasteiger partial charge in [0.05, 0.1) is 4.90 Å². The van der Waals surface area contributed by atoms with Crippen LogP contribution in [0.15, 0.2) is 59.6 Å².